The molecule has 0 aromatic carbocycles. The zero-order valence-corrected chi connectivity index (χ0v) is 33.3. The molecule has 1 fully saturated rings. The first kappa shape index (κ1) is 48.7. The first-order valence-corrected chi connectivity index (χ1v) is 21.4. The Morgan fingerprint density at radius 1 is 0.596 bits per heavy atom. The molecule has 0 aromatic rings. The lowest BCUT2D eigenvalue weighted by atomic mass is 9.99. The van der Waals surface area contributed by atoms with Gasteiger partial charge in [0.25, 0.3) is 0 Å². The standard InChI is InChI=1S/C43H80O9/c1-3-5-7-9-11-13-15-17-18-19-20-21-22-24-26-28-30-32-39(45)51-37(36-50-43-42(48)41(47)40(46)38(34-44)52-43)35-49-33-31-29-27-25-23-16-14-12-10-8-6-4-2/h10,12,17-18,37-38,40-44,46-48H,3-9,11,13-16,19-36H2,1-2H3/b12-10-,18-17-. The van der Waals surface area contributed by atoms with Crippen molar-refractivity contribution in [1.29, 1.82) is 0 Å². The maximum absolute atomic E-state index is 12.7. The number of hydrogen-bond donors (Lipinski definition) is 4. The summed E-state index contributed by atoms with van der Waals surface area (Å²) in [5.41, 5.74) is 0. The van der Waals surface area contributed by atoms with Crippen molar-refractivity contribution < 1.29 is 44.2 Å². The highest BCUT2D eigenvalue weighted by atomic mass is 16.7. The first-order chi connectivity index (χ1) is 25.4. The number of aliphatic hydroxyl groups is 4. The van der Waals surface area contributed by atoms with E-state index in [0.29, 0.717) is 13.0 Å². The maximum Gasteiger partial charge on any atom is 0.306 e. The summed E-state index contributed by atoms with van der Waals surface area (Å²) in [7, 11) is 0. The van der Waals surface area contributed by atoms with Crippen LogP contribution < -0.4 is 0 Å². The van der Waals surface area contributed by atoms with Crippen LogP contribution in [0.4, 0.5) is 0 Å². The van der Waals surface area contributed by atoms with E-state index in [9.17, 15) is 25.2 Å². The molecule has 0 radical (unpaired) electrons. The van der Waals surface area contributed by atoms with E-state index in [0.717, 1.165) is 44.9 Å². The second-order valence-corrected chi connectivity index (χ2v) is 14.8. The molecule has 9 heteroatoms. The lowest BCUT2D eigenvalue weighted by Gasteiger charge is -2.39. The highest BCUT2D eigenvalue weighted by Crippen LogP contribution is 2.22. The third kappa shape index (κ3) is 26.4. The molecule has 0 saturated carbocycles. The molecule has 0 aliphatic carbocycles. The van der Waals surface area contributed by atoms with Crippen LogP contribution in [0.5, 0.6) is 0 Å². The van der Waals surface area contributed by atoms with Gasteiger partial charge in [-0.3, -0.25) is 4.79 Å². The van der Waals surface area contributed by atoms with Gasteiger partial charge in [0.2, 0.25) is 0 Å². The molecule has 4 N–H and O–H groups in total. The molecule has 0 aromatic heterocycles. The summed E-state index contributed by atoms with van der Waals surface area (Å²) in [6.45, 7) is 4.51. The van der Waals surface area contributed by atoms with Crippen molar-refractivity contribution in [2.75, 3.05) is 26.4 Å². The number of carbonyl (C=O) groups excluding carboxylic acids is 1. The SMILES string of the molecule is CCCC/C=C\CCCCCCCCOCC(COC1OC(CO)C(O)C(O)C1O)OC(=O)CCCCCCCCC/C=C\CCCCCCCC. The van der Waals surface area contributed by atoms with Crippen LogP contribution in [0.1, 0.15) is 181 Å². The van der Waals surface area contributed by atoms with Crippen molar-refractivity contribution >= 4 is 5.97 Å². The van der Waals surface area contributed by atoms with Crippen LogP contribution in [-0.2, 0) is 23.7 Å². The molecule has 306 valence electrons. The fraction of sp³-hybridized carbons (Fsp3) is 0.884. The van der Waals surface area contributed by atoms with Gasteiger partial charge in [0.05, 0.1) is 19.8 Å². The molecular formula is C43H80O9. The Labute approximate surface area is 317 Å². The number of allylic oxidation sites excluding steroid dienone is 4. The third-order valence-corrected chi connectivity index (χ3v) is 9.84. The van der Waals surface area contributed by atoms with Gasteiger partial charge in [0, 0.05) is 13.0 Å². The van der Waals surface area contributed by atoms with Crippen molar-refractivity contribution in [3.8, 4) is 0 Å². The van der Waals surface area contributed by atoms with Crippen LogP contribution in [0.2, 0.25) is 0 Å². The Bertz CT molecular complexity index is 848. The summed E-state index contributed by atoms with van der Waals surface area (Å²) in [4.78, 5) is 12.7. The average Bonchev–Trinajstić information content (AvgIpc) is 3.14. The van der Waals surface area contributed by atoms with Gasteiger partial charge in [0.1, 0.15) is 30.5 Å². The number of aliphatic hydroxyl groups excluding tert-OH is 4. The molecule has 1 aliphatic rings. The predicted molar refractivity (Wildman–Crippen MR) is 210 cm³/mol. The Hall–Kier alpha value is -1.33. The van der Waals surface area contributed by atoms with Gasteiger partial charge in [-0.05, 0) is 57.8 Å². The van der Waals surface area contributed by atoms with E-state index in [1.807, 2.05) is 0 Å². The number of carbonyl (C=O) groups is 1. The Kier molecular flexibility index (Phi) is 33.1. The molecular weight excluding hydrogens is 660 g/mol. The van der Waals surface area contributed by atoms with Crippen molar-refractivity contribution in [2.45, 2.75) is 218 Å². The van der Waals surface area contributed by atoms with Crippen LogP contribution in [0.15, 0.2) is 24.3 Å². The van der Waals surface area contributed by atoms with Gasteiger partial charge < -0.3 is 39.4 Å². The molecule has 1 aliphatic heterocycles. The maximum atomic E-state index is 12.7. The monoisotopic (exact) mass is 741 g/mol. The van der Waals surface area contributed by atoms with E-state index in [1.54, 1.807) is 0 Å². The van der Waals surface area contributed by atoms with Gasteiger partial charge in [-0.2, -0.15) is 0 Å². The van der Waals surface area contributed by atoms with E-state index in [1.165, 1.54) is 116 Å². The van der Waals surface area contributed by atoms with Crippen molar-refractivity contribution in [3.05, 3.63) is 24.3 Å². The molecule has 6 unspecified atom stereocenters. The molecule has 0 amide bonds. The Morgan fingerprint density at radius 3 is 1.62 bits per heavy atom. The summed E-state index contributed by atoms with van der Waals surface area (Å²) in [6.07, 6.45) is 32.0. The van der Waals surface area contributed by atoms with Crippen LogP contribution in [0, 0.1) is 0 Å². The quantitative estimate of drug-likeness (QED) is 0.0282. The Balaban J connectivity index is 2.28. The normalized spacial score (nSPS) is 21.4. The lowest BCUT2D eigenvalue weighted by Crippen LogP contribution is -2.59. The second-order valence-electron chi connectivity index (χ2n) is 14.8. The van der Waals surface area contributed by atoms with Gasteiger partial charge in [-0.15, -0.1) is 0 Å². The number of hydrogen-bond acceptors (Lipinski definition) is 9. The summed E-state index contributed by atoms with van der Waals surface area (Å²) in [5, 5.41) is 40.0. The smallest absolute Gasteiger partial charge is 0.306 e. The molecule has 1 rings (SSSR count). The van der Waals surface area contributed by atoms with Crippen molar-refractivity contribution in [2.24, 2.45) is 0 Å². The highest BCUT2D eigenvalue weighted by molar-refractivity contribution is 5.69. The zero-order chi connectivity index (χ0) is 37.9. The van der Waals surface area contributed by atoms with Crippen LogP contribution in [0.3, 0.4) is 0 Å². The Morgan fingerprint density at radius 2 is 1.08 bits per heavy atom. The van der Waals surface area contributed by atoms with Gasteiger partial charge >= 0.3 is 5.97 Å². The van der Waals surface area contributed by atoms with Gasteiger partial charge in [-0.25, -0.2) is 0 Å². The molecule has 1 saturated heterocycles. The first-order valence-electron chi connectivity index (χ1n) is 21.4. The molecule has 1 heterocycles. The summed E-state index contributed by atoms with van der Waals surface area (Å²) < 4.78 is 22.7. The average molecular weight is 741 g/mol. The molecule has 0 bridgehead atoms. The van der Waals surface area contributed by atoms with Crippen LogP contribution in [-0.4, -0.2) is 89.6 Å². The van der Waals surface area contributed by atoms with E-state index in [-0.39, 0.29) is 19.2 Å². The minimum atomic E-state index is -1.54. The summed E-state index contributed by atoms with van der Waals surface area (Å²) in [5.74, 6) is -0.320. The highest BCUT2D eigenvalue weighted by Gasteiger charge is 2.44. The van der Waals surface area contributed by atoms with Crippen LogP contribution >= 0.6 is 0 Å². The van der Waals surface area contributed by atoms with Gasteiger partial charge in [0.15, 0.2) is 6.29 Å². The summed E-state index contributed by atoms with van der Waals surface area (Å²) in [6, 6.07) is 0. The minimum absolute atomic E-state index is 0.116. The molecule has 0 spiro atoms. The molecule has 52 heavy (non-hydrogen) atoms. The number of ether oxygens (including phenoxy) is 4. The second kappa shape index (κ2) is 35.4. The number of rotatable bonds is 36. The molecule has 6 atom stereocenters. The van der Waals surface area contributed by atoms with E-state index in [4.69, 9.17) is 18.9 Å². The molecule has 9 nitrogen and oxygen atoms in total. The van der Waals surface area contributed by atoms with E-state index in [2.05, 4.69) is 38.2 Å². The third-order valence-electron chi connectivity index (χ3n) is 9.84. The fourth-order valence-corrected chi connectivity index (χ4v) is 6.41. The lowest BCUT2D eigenvalue weighted by molar-refractivity contribution is -0.305. The summed E-state index contributed by atoms with van der Waals surface area (Å²) >= 11 is 0. The zero-order valence-electron chi connectivity index (χ0n) is 33.3. The number of esters is 1. The van der Waals surface area contributed by atoms with Gasteiger partial charge in [-0.1, -0.05) is 141 Å². The number of unbranched alkanes of at least 4 members (excludes halogenated alkanes) is 21. The largest absolute Gasteiger partial charge is 0.457 e. The fourth-order valence-electron chi connectivity index (χ4n) is 6.41. The van der Waals surface area contributed by atoms with E-state index < -0.39 is 43.4 Å². The van der Waals surface area contributed by atoms with E-state index >= 15 is 0 Å². The van der Waals surface area contributed by atoms with Crippen molar-refractivity contribution in [1.82, 2.24) is 0 Å². The van der Waals surface area contributed by atoms with Crippen LogP contribution in [0.25, 0.3) is 0 Å². The minimum Gasteiger partial charge on any atom is -0.457 e. The topological polar surface area (TPSA) is 135 Å². The van der Waals surface area contributed by atoms with Crippen molar-refractivity contribution in [3.63, 3.8) is 0 Å². The predicted octanol–water partition coefficient (Wildman–Crippen LogP) is 9.03.